The fourth-order valence-corrected chi connectivity index (χ4v) is 3.28. The van der Waals surface area contributed by atoms with Gasteiger partial charge in [-0.15, -0.1) is 0 Å². The topological polar surface area (TPSA) is 67.3 Å². The number of amides is 1. The molecule has 2 atom stereocenters. The molecule has 0 spiro atoms. The molecule has 7 heteroatoms. The highest BCUT2D eigenvalue weighted by atomic mass is 19.1. The van der Waals surface area contributed by atoms with Crippen molar-refractivity contribution >= 4 is 12.0 Å². The highest BCUT2D eigenvalue weighted by Crippen LogP contribution is 2.42. The summed E-state index contributed by atoms with van der Waals surface area (Å²) in [5.41, 5.74) is -0.167. The van der Waals surface area contributed by atoms with Gasteiger partial charge in [0.1, 0.15) is 12.3 Å². The highest BCUT2D eigenvalue weighted by molar-refractivity contribution is 5.68. The molecule has 1 saturated heterocycles. The minimum atomic E-state index is -1.57. The van der Waals surface area contributed by atoms with E-state index in [1.54, 1.807) is 25.4 Å². The van der Waals surface area contributed by atoms with Crippen LogP contribution in [0.15, 0.2) is 42.7 Å². The highest BCUT2D eigenvalue weighted by Gasteiger charge is 2.50. The summed E-state index contributed by atoms with van der Waals surface area (Å²) in [5.74, 6) is 0.472. The Balaban J connectivity index is 1.55. The zero-order valence-corrected chi connectivity index (χ0v) is 16.6. The maximum Gasteiger partial charge on any atom is 0.410 e. The molecule has 0 saturated carbocycles. The van der Waals surface area contributed by atoms with Crippen molar-refractivity contribution in [1.29, 1.82) is 0 Å². The van der Waals surface area contributed by atoms with Gasteiger partial charge in [0.15, 0.2) is 0 Å². The van der Waals surface area contributed by atoms with Crippen LogP contribution in [0.1, 0.15) is 31.4 Å². The van der Waals surface area contributed by atoms with E-state index >= 15 is 4.39 Å². The Labute approximate surface area is 165 Å². The summed E-state index contributed by atoms with van der Waals surface area (Å²) in [4.78, 5) is 22.1. The van der Waals surface area contributed by atoms with Crippen LogP contribution in [-0.4, -0.2) is 46.3 Å². The number of likely N-dealkylation sites (tertiary alicyclic amines) is 1. The van der Waals surface area contributed by atoms with E-state index in [-0.39, 0.29) is 13.2 Å². The smallest absolute Gasteiger partial charge is 0.410 e. The van der Waals surface area contributed by atoms with Gasteiger partial charge in [-0.25, -0.2) is 19.2 Å². The number of rotatable bonds is 5. The second-order valence-corrected chi connectivity index (χ2v) is 7.90. The zero-order chi connectivity index (χ0) is 20.2. The van der Waals surface area contributed by atoms with Crippen LogP contribution in [-0.2, 0) is 11.3 Å². The van der Waals surface area contributed by atoms with E-state index in [1.807, 2.05) is 38.1 Å². The van der Waals surface area contributed by atoms with Crippen molar-refractivity contribution in [2.45, 2.75) is 39.5 Å². The standard InChI is InChI=1S/C21H27FN4O2/c1-16-5-7-17(8-6-16)13-28-19(27)26-12-9-20(2,21(3,22)15-26)14-25-18-23-10-4-11-24-18/h4-8,10-11H,9,12-15H2,1-3H3,(H,23,24,25)/t20-,21-/m0/s1. The summed E-state index contributed by atoms with van der Waals surface area (Å²) >= 11 is 0. The average molecular weight is 386 g/mol. The van der Waals surface area contributed by atoms with Gasteiger partial charge in [-0.05, 0) is 31.9 Å². The number of ether oxygens (including phenoxy) is 1. The van der Waals surface area contributed by atoms with Gasteiger partial charge in [0, 0.05) is 30.9 Å². The molecule has 2 aromatic rings. The third kappa shape index (κ3) is 4.58. The summed E-state index contributed by atoms with van der Waals surface area (Å²) in [6.45, 7) is 6.44. The number of hydrogen-bond acceptors (Lipinski definition) is 5. The van der Waals surface area contributed by atoms with E-state index in [0.717, 1.165) is 11.1 Å². The molecule has 28 heavy (non-hydrogen) atoms. The summed E-state index contributed by atoms with van der Waals surface area (Å²) in [7, 11) is 0. The molecule has 0 aliphatic carbocycles. The first-order valence-corrected chi connectivity index (χ1v) is 9.46. The first kappa shape index (κ1) is 20.0. The van der Waals surface area contributed by atoms with Crippen molar-refractivity contribution in [2.75, 3.05) is 25.0 Å². The monoisotopic (exact) mass is 386 g/mol. The SMILES string of the molecule is Cc1ccc(COC(=O)N2CC[C@@](C)(CNc3ncccn3)[C@@](C)(F)C2)cc1. The Hall–Kier alpha value is -2.70. The van der Waals surface area contributed by atoms with Crippen LogP contribution in [0.2, 0.25) is 0 Å². The van der Waals surface area contributed by atoms with Gasteiger partial charge in [0.25, 0.3) is 0 Å². The number of piperidine rings is 1. The van der Waals surface area contributed by atoms with Gasteiger partial charge in [0.2, 0.25) is 5.95 Å². The van der Waals surface area contributed by atoms with Crippen molar-refractivity contribution in [3.63, 3.8) is 0 Å². The summed E-state index contributed by atoms with van der Waals surface area (Å²) in [5, 5.41) is 3.11. The number of halogens is 1. The molecule has 1 aliphatic heterocycles. The van der Waals surface area contributed by atoms with Gasteiger partial charge in [0.05, 0.1) is 6.54 Å². The van der Waals surface area contributed by atoms with Crippen LogP contribution in [0.4, 0.5) is 15.1 Å². The van der Waals surface area contributed by atoms with E-state index in [2.05, 4.69) is 15.3 Å². The normalized spacial score (nSPS) is 24.6. The Kier molecular flexibility index (Phi) is 5.82. The Bertz CT molecular complexity index is 798. The molecule has 1 aliphatic rings. The molecule has 6 nitrogen and oxygen atoms in total. The molecule has 1 amide bonds. The van der Waals surface area contributed by atoms with Crippen LogP contribution in [0, 0.1) is 12.3 Å². The number of hydrogen-bond donors (Lipinski definition) is 1. The first-order valence-electron chi connectivity index (χ1n) is 9.46. The van der Waals surface area contributed by atoms with E-state index < -0.39 is 17.2 Å². The molecule has 1 aromatic heterocycles. The fraction of sp³-hybridized carbons (Fsp3) is 0.476. The van der Waals surface area contributed by atoms with Crippen LogP contribution >= 0.6 is 0 Å². The molecule has 1 fully saturated rings. The minimum Gasteiger partial charge on any atom is -0.445 e. The van der Waals surface area contributed by atoms with Crippen LogP contribution < -0.4 is 5.32 Å². The molecule has 150 valence electrons. The maximum absolute atomic E-state index is 15.5. The lowest BCUT2D eigenvalue weighted by molar-refractivity contribution is -0.0475. The summed E-state index contributed by atoms with van der Waals surface area (Å²) in [6, 6.07) is 9.51. The largest absolute Gasteiger partial charge is 0.445 e. The number of carbonyl (C=O) groups is 1. The molecule has 0 radical (unpaired) electrons. The number of alkyl halides is 1. The third-order valence-corrected chi connectivity index (χ3v) is 5.62. The van der Waals surface area contributed by atoms with Crippen LogP contribution in [0.25, 0.3) is 0 Å². The van der Waals surface area contributed by atoms with Gasteiger partial charge < -0.3 is 15.0 Å². The van der Waals surface area contributed by atoms with E-state index in [4.69, 9.17) is 4.74 Å². The number of aromatic nitrogens is 2. The fourth-order valence-electron chi connectivity index (χ4n) is 3.28. The minimum absolute atomic E-state index is 0.00639. The lowest BCUT2D eigenvalue weighted by atomic mass is 9.70. The number of aryl methyl sites for hydroxylation is 1. The van der Waals surface area contributed by atoms with Crippen LogP contribution in [0.3, 0.4) is 0 Å². The van der Waals surface area contributed by atoms with Crippen LogP contribution in [0.5, 0.6) is 0 Å². The van der Waals surface area contributed by atoms with E-state index in [0.29, 0.717) is 25.5 Å². The number of benzene rings is 1. The molecule has 2 heterocycles. The second-order valence-electron chi connectivity index (χ2n) is 7.90. The Morgan fingerprint density at radius 2 is 1.93 bits per heavy atom. The van der Waals surface area contributed by atoms with Gasteiger partial charge in [-0.3, -0.25) is 0 Å². The zero-order valence-electron chi connectivity index (χ0n) is 16.6. The summed E-state index contributed by atoms with van der Waals surface area (Å²) in [6.07, 6.45) is 3.31. The van der Waals surface area contributed by atoms with Crippen molar-refractivity contribution < 1.29 is 13.9 Å². The lowest BCUT2D eigenvalue weighted by Gasteiger charge is -2.48. The van der Waals surface area contributed by atoms with Crippen molar-refractivity contribution in [3.8, 4) is 0 Å². The molecule has 1 N–H and O–H groups in total. The number of anilines is 1. The lowest BCUT2D eigenvalue weighted by Crippen LogP contribution is -2.59. The average Bonchev–Trinajstić information content (AvgIpc) is 2.69. The number of nitrogens with one attached hydrogen (secondary N) is 1. The third-order valence-electron chi connectivity index (χ3n) is 5.62. The van der Waals surface area contributed by atoms with E-state index in [9.17, 15) is 4.79 Å². The van der Waals surface area contributed by atoms with Gasteiger partial charge >= 0.3 is 6.09 Å². The molecule has 0 bridgehead atoms. The molecule has 3 rings (SSSR count). The number of nitrogens with zero attached hydrogens (tertiary/aromatic N) is 3. The van der Waals surface area contributed by atoms with Crippen molar-refractivity contribution in [2.24, 2.45) is 5.41 Å². The molecule has 0 unspecified atom stereocenters. The predicted molar refractivity (Wildman–Crippen MR) is 106 cm³/mol. The van der Waals surface area contributed by atoms with Crippen molar-refractivity contribution in [3.05, 3.63) is 53.9 Å². The first-order chi connectivity index (χ1) is 13.3. The quantitative estimate of drug-likeness (QED) is 0.842. The Morgan fingerprint density at radius 3 is 2.57 bits per heavy atom. The molecule has 1 aromatic carbocycles. The maximum atomic E-state index is 15.5. The molecular weight excluding hydrogens is 359 g/mol. The Morgan fingerprint density at radius 1 is 1.25 bits per heavy atom. The van der Waals surface area contributed by atoms with Crippen molar-refractivity contribution in [1.82, 2.24) is 14.9 Å². The number of carbonyl (C=O) groups excluding carboxylic acids is 1. The second kappa shape index (κ2) is 8.12. The van der Waals surface area contributed by atoms with Gasteiger partial charge in [-0.2, -0.15) is 0 Å². The van der Waals surface area contributed by atoms with Gasteiger partial charge in [-0.1, -0.05) is 36.8 Å². The predicted octanol–water partition coefficient (Wildman–Crippen LogP) is 3.97. The summed E-state index contributed by atoms with van der Waals surface area (Å²) < 4.78 is 20.9. The molecular formula is C21H27FN4O2. The van der Waals surface area contributed by atoms with E-state index in [1.165, 1.54) is 4.90 Å².